The van der Waals surface area contributed by atoms with Crippen LogP contribution in [0.2, 0.25) is 0 Å². The lowest BCUT2D eigenvalue weighted by molar-refractivity contribution is -0.121. The molecular weight excluding hydrogens is 314 g/mol. The zero-order valence-electron chi connectivity index (χ0n) is 12.7. The molecule has 1 aliphatic rings. The van der Waals surface area contributed by atoms with E-state index in [9.17, 15) is 13.2 Å². The summed E-state index contributed by atoms with van der Waals surface area (Å²) in [6, 6.07) is 9.76. The van der Waals surface area contributed by atoms with Crippen molar-refractivity contribution in [3.8, 4) is 11.3 Å². The minimum Gasteiger partial charge on any atom is -0.354 e. The topological polar surface area (TPSA) is 81.1 Å². The Labute approximate surface area is 135 Å². The van der Waals surface area contributed by atoms with E-state index < -0.39 is 9.84 Å². The van der Waals surface area contributed by atoms with Crippen molar-refractivity contribution in [1.82, 2.24) is 14.9 Å². The first kappa shape index (κ1) is 15.7. The second kappa shape index (κ2) is 6.54. The Balaban J connectivity index is 1.52. The lowest BCUT2D eigenvalue weighted by Gasteiger charge is -2.09. The first-order valence-electron chi connectivity index (χ1n) is 7.56. The van der Waals surface area contributed by atoms with Crippen LogP contribution in [0.15, 0.2) is 42.9 Å². The van der Waals surface area contributed by atoms with Crippen LogP contribution in [0.3, 0.4) is 0 Å². The van der Waals surface area contributed by atoms with E-state index in [1.807, 2.05) is 36.5 Å². The third-order valence-corrected chi connectivity index (χ3v) is 5.78. The van der Waals surface area contributed by atoms with E-state index in [1.165, 1.54) is 0 Å². The van der Waals surface area contributed by atoms with Crippen LogP contribution in [0.25, 0.3) is 11.3 Å². The van der Waals surface area contributed by atoms with E-state index in [2.05, 4.69) is 10.3 Å². The predicted octanol–water partition coefficient (Wildman–Crippen LogP) is 1.10. The number of hydrogen-bond donors (Lipinski definition) is 1. The maximum absolute atomic E-state index is 12.0. The van der Waals surface area contributed by atoms with E-state index in [0.717, 1.165) is 11.3 Å². The van der Waals surface area contributed by atoms with Gasteiger partial charge in [-0.2, -0.15) is 0 Å². The van der Waals surface area contributed by atoms with Crippen molar-refractivity contribution in [3.63, 3.8) is 0 Å². The number of benzene rings is 1. The molecule has 3 rings (SSSR count). The van der Waals surface area contributed by atoms with Crippen molar-refractivity contribution in [1.29, 1.82) is 0 Å². The summed E-state index contributed by atoms with van der Waals surface area (Å²) in [6.07, 6.45) is 4.09. The number of nitrogens with zero attached hydrogens (tertiary/aromatic N) is 2. The number of nitrogens with one attached hydrogen (secondary N) is 1. The first-order chi connectivity index (χ1) is 11.0. The second-order valence-electron chi connectivity index (χ2n) is 5.87. The highest BCUT2D eigenvalue weighted by Crippen LogP contribution is 2.17. The average molecular weight is 333 g/mol. The third-order valence-electron chi connectivity index (χ3n) is 3.94. The summed E-state index contributed by atoms with van der Waals surface area (Å²) in [6.45, 7) is 0.595. The number of sulfone groups is 1. The van der Waals surface area contributed by atoms with Crippen LogP contribution in [0.4, 0.5) is 0 Å². The molecule has 7 heteroatoms. The van der Waals surface area contributed by atoms with Crippen LogP contribution in [0.5, 0.6) is 0 Å². The number of imidazole rings is 1. The van der Waals surface area contributed by atoms with E-state index in [0.29, 0.717) is 13.0 Å². The summed E-state index contributed by atoms with van der Waals surface area (Å²) in [5.74, 6) is 0.310. The number of carbonyl (C=O) groups is 1. The van der Waals surface area contributed by atoms with Crippen molar-refractivity contribution in [2.24, 2.45) is 5.92 Å². The molecule has 1 aromatic carbocycles. The molecule has 2 aromatic rings. The molecule has 1 unspecified atom stereocenters. The van der Waals surface area contributed by atoms with Gasteiger partial charge in [-0.25, -0.2) is 13.4 Å². The lowest BCUT2D eigenvalue weighted by Crippen LogP contribution is -2.32. The summed E-state index contributed by atoms with van der Waals surface area (Å²) < 4.78 is 24.5. The first-order valence-corrected chi connectivity index (χ1v) is 9.38. The molecule has 2 heterocycles. The molecule has 1 N–H and O–H groups in total. The Bertz CT molecular complexity index is 784. The molecule has 0 bridgehead atoms. The van der Waals surface area contributed by atoms with Gasteiger partial charge in [-0.05, 0) is 12.3 Å². The Hall–Kier alpha value is -2.15. The molecule has 0 aliphatic carbocycles. The maximum Gasteiger partial charge on any atom is 0.239 e. The SMILES string of the molecule is O=C(Cn1cnc(-c2ccccc2)c1)NCC1CCS(=O)(=O)C1. The van der Waals surface area contributed by atoms with Gasteiger partial charge in [0.25, 0.3) is 0 Å². The summed E-state index contributed by atoms with van der Waals surface area (Å²) in [5.41, 5.74) is 1.82. The molecule has 1 amide bonds. The fourth-order valence-electron chi connectivity index (χ4n) is 2.72. The van der Waals surface area contributed by atoms with Crippen molar-refractivity contribution in [3.05, 3.63) is 42.9 Å². The van der Waals surface area contributed by atoms with Crippen molar-refractivity contribution in [2.45, 2.75) is 13.0 Å². The quantitative estimate of drug-likeness (QED) is 0.888. The third kappa shape index (κ3) is 4.19. The molecule has 0 spiro atoms. The molecule has 23 heavy (non-hydrogen) atoms. The van der Waals surface area contributed by atoms with Gasteiger partial charge in [0.2, 0.25) is 5.91 Å². The van der Waals surface area contributed by atoms with Gasteiger partial charge in [0, 0.05) is 18.3 Å². The van der Waals surface area contributed by atoms with Crippen molar-refractivity contribution in [2.75, 3.05) is 18.1 Å². The average Bonchev–Trinajstić information content (AvgIpc) is 3.12. The number of aromatic nitrogens is 2. The molecular formula is C16H19N3O3S. The van der Waals surface area contributed by atoms with Crippen LogP contribution in [-0.2, 0) is 21.2 Å². The monoisotopic (exact) mass is 333 g/mol. The van der Waals surface area contributed by atoms with Gasteiger partial charge in [0.1, 0.15) is 6.54 Å². The van der Waals surface area contributed by atoms with Crippen molar-refractivity contribution < 1.29 is 13.2 Å². The minimum absolute atomic E-state index is 0.0339. The van der Waals surface area contributed by atoms with Gasteiger partial charge in [-0.15, -0.1) is 0 Å². The van der Waals surface area contributed by atoms with Crippen LogP contribution in [0, 0.1) is 5.92 Å². The molecule has 1 aromatic heterocycles. The van der Waals surface area contributed by atoms with Gasteiger partial charge in [0.05, 0.1) is 23.5 Å². The Morgan fingerprint density at radius 2 is 2.09 bits per heavy atom. The zero-order chi connectivity index (χ0) is 16.3. The second-order valence-corrected chi connectivity index (χ2v) is 8.10. The summed E-state index contributed by atoms with van der Waals surface area (Å²) in [7, 11) is -2.90. The number of carbonyl (C=O) groups excluding carboxylic acids is 1. The Kier molecular flexibility index (Phi) is 4.47. The van der Waals surface area contributed by atoms with Crippen LogP contribution in [-0.4, -0.2) is 41.9 Å². The molecule has 122 valence electrons. The standard InChI is InChI=1S/C16H19N3O3S/c20-16(17-8-13-6-7-23(21,22)11-13)10-19-9-15(18-12-19)14-4-2-1-3-5-14/h1-5,9,12-13H,6-8,10-11H2,(H,17,20). The Morgan fingerprint density at radius 1 is 1.30 bits per heavy atom. The van der Waals surface area contributed by atoms with Crippen LogP contribution in [0.1, 0.15) is 6.42 Å². The smallest absolute Gasteiger partial charge is 0.239 e. The van der Waals surface area contributed by atoms with Gasteiger partial charge >= 0.3 is 0 Å². The molecule has 6 nitrogen and oxygen atoms in total. The molecule has 0 radical (unpaired) electrons. The summed E-state index contributed by atoms with van der Waals surface area (Å²) in [4.78, 5) is 16.3. The normalized spacial score (nSPS) is 19.6. The van der Waals surface area contributed by atoms with Gasteiger partial charge in [0.15, 0.2) is 9.84 Å². The molecule has 1 aliphatic heterocycles. The van der Waals surface area contributed by atoms with E-state index >= 15 is 0 Å². The fraction of sp³-hybridized carbons (Fsp3) is 0.375. The summed E-state index contributed by atoms with van der Waals surface area (Å²) >= 11 is 0. The molecule has 1 saturated heterocycles. The van der Waals surface area contributed by atoms with Crippen LogP contribution < -0.4 is 5.32 Å². The molecule has 0 saturated carbocycles. The van der Waals surface area contributed by atoms with Crippen molar-refractivity contribution >= 4 is 15.7 Å². The van der Waals surface area contributed by atoms with E-state index in [-0.39, 0.29) is 29.9 Å². The van der Waals surface area contributed by atoms with Gasteiger partial charge in [-0.3, -0.25) is 4.79 Å². The molecule has 1 fully saturated rings. The zero-order valence-corrected chi connectivity index (χ0v) is 13.5. The van der Waals surface area contributed by atoms with E-state index in [1.54, 1.807) is 10.9 Å². The minimum atomic E-state index is -2.90. The lowest BCUT2D eigenvalue weighted by atomic mass is 10.1. The highest BCUT2D eigenvalue weighted by Gasteiger charge is 2.27. The predicted molar refractivity (Wildman–Crippen MR) is 87.4 cm³/mol. The number of rotatable bonds is 5. The number of hydrogen-bond acceptors (Lipinski definition) is 4. The Morgan fingerprint density at radius 3 is 2.78 bits per heavy atom. The molecule has 1 atom stereocenters. The van der Waals surface area contributed by atoms with Crippen LogP contribution >= 0.6 is 0 Å². The largest absolute Gasteiger partial charge is 0.354 e. The summed E-state index contributed by atoms with van der Waals surface area (Å²) in [5, 5.41) is 2.81. The van der Waals surface area contributed by atoms with Gasteiger partial charge < -0.3 is 9.88 Å². The highest BCUT2D eigenvalue weighted by atomic mass is 32.2. The van der Waals surface area contributed by atoms with E-state index in [4.69, 9.17) is 0 Å². The van der Waals surface area contributed by atoms with Gasteiger partial charge in [-0.1, -0.05) is 30.3 Å². The maximum atomic E-state index is 12.0. The number of amides is 1. The highest BCUT2D eigenvalue weighted by molar-refractivity contribution is 7.91. The fourth-order valence-corrected chi connectivity index (χ4v) is 4.58.